The minimum atomic E-state index is -4.64. The Hall–Kier alpha value is -2.51. The van der Waals surface area contributed by atoms with E-state index in [1.165, 1.54) is 0 Å². The molecule has 2 aliphatic carbocycles. The monoisotopic (exact) mass is 534 g/mol. The fourth-order valence-corrected chi connectivity index (χ4v) is 5.37. The van der Waals surface area contributed by atoms with Crippen molar-refractivity contribution in [1.29, 1.82) is 0 Å². The molecule has 0 amide bonds. The molecular weight excluding hydrogens is 506 g/mol. The maximum Gasteiger partial charge on any atom is 0.417 e. The minimum absolute atomic E-state index is 0.0499. The predicted molar refractivity (Wildman–Crippen MR) is 134 cm³/mol. The molecular formula is C30H28F6S. The number of hydrogen-bond acceptors (Lipinski definition) is 1. The van der Waals surface area contributed by atoms with Crippen LogP contribution in [0.15, 0.2) is 34.1 Å². The van der Waals surface area contributed by atoms with E-state index >= 15 is 0 Å². The molecule has 2 aromatic carbocycles. The zero-order valence-corrected chi connectivity index (χ0v) is 21.6. The molecule has 0 spiro atoms. The highest BCUT2D eigenvalue weighted by molar-refractivity contribution is 7.99. The van der Waals surface area contributed by atoms with Gasteiger partial charge in [-0.25, -0.2) is 0 Å². The first-order valence-corrected chi connectivity index (χ1v) is 13.5. The van der Waals surface area contributed by atoms with Crippen LogP contribution >= 0.6 is 11.8 Å². The molecule has 0 bridgehead atoms. The molecule has 2 aliphatic rings. The topological polar surface area (TPSA) is 0 Å². The molecule has 7 heteroatoms. The zero-order valence-electron chi connectivity index (χ0n) is 20.8. The van der Waals surface area contributed by atoms with Gasteiger partial charge in [-0.2, -0.15) is 26.3 Å². The van der Waals surface area contributed by atoms with Crippen LogP contribution < -0.4 is 0 Å². The van der Waals surface area contributed by atoms with Crippen LogP contribution in [0.5, 0.6) is 0 Å². The van der Waals surface area contributed by atoms with Crippen LogP contribution in [0, 0.1) is 35.5 Å². The van der Waals surface area contributed by atoms with Crippen molar-refractivity contribution in [3.8, 4) is 23.7 Å². The lowest BCUT2D eigenvalue weighted by atomic mass is 9.86. The molecule has 0 nitrogen and oxygen atoms in total. The van der Waals surface area contributed by atoms with E-state index in [1.807, 2.05) is 0 Å². The number of benzene rings is 2. The molecule has 0 heterocycles. The fourth-order valence-electron chi connectivity index (χ4n) is 4.19. The quantitative estimate of drug-likeness (QED) is 0.278. The van der Waals surface area contributed by atoms with Crippen molar-refractivity contribution >= 4 is 11.8 Å². The Morgan fingerprint density at radius 1 is 0.676 bits per heavy atom. The van der Waals surface area contributed by atoms with Crippen molar-refractivity contribution in [2.75, 3.05) is 0 Å². The number of rotatable bonds is 4. The Labute approximate surface area is 218 Å². The molecule has 0 N–H and O–H groups in total. The summed E-state index contributed by atoms with van der Waals surface area (Å²) in [6, 6.07) is 5.46. The molecule has 0 saturated heterocycles. The molecule has 0 atom stereocenters. The Bertz CT molecular complexity index is 1170. The first-order valence-electron chi connectivity index (χ1n) is 12.7. The lowest BCUT2D eigenvalue weighted by molar-refractivity contribution is -0.138. The molecule has 0 aliphatic heterocycles. The van der Waals surface area contributed by atoms with Gasteiger partial charge in [-0.05, 0) is 73.9 Å². The van der Waals surface area contributed by atoms with Crippen LogP contribution in [-0.4, -0.2) is 0 Å². The van der Waals surface area contributed by atoms with Gasteiger partial charge in [0, 0.05) is 21.6 Å². The van der Waals surface area contributed by atoms with Crippen LogP contribution in [0.25, 0.3) is 0 Å². The average Bonchev–Trinajstić information content (AvgIpc) is 2.76. The zero-order chi connectivity index (χ0) is 26.8. The highest BCUT2D eigenvalue weighted by Crippen LogP contribution is 2.44. The predicted octanol–water partition coefficient (Wildman–Crippen LogP) is 9.30. The highest BCUT2D eigenvalue weighted by atomic mass is 32.2. The summed E-state index contributed by atoms with van der Waals surface area (Å²) in [6.07, 6.45) is -3.20. The maximum absolute atomic E-state index is 14.1. The standard InChI is InChI=1S/C30H28F6S/c1-3-19-15-25(29(31,32)33)23(13-11-21-7-5-8-21)27(17-19)37-28-18-20(4-2)16-26(30(34,35)36)24(28)14-12-22-9-6-10-22/h15-18,21-22H,3-10H2,1-2H3. The number of halogens is 6. The van der Waals surface area contributed by atoms with Gasteiger partial charge in [-0.1, -0.05) is 62.1 Å². The summed E-state index contributed by atoms with van der Waals surface area (Å²) in [5.74, 6) is 11.6. The molecule has 0 unspecified atom stereocenters. The second kappa shape index (κ2) is 11.1. The van der Waals surface area contributed by atoms with Crippen LogP contribution in [0.3, 0.4) is 0 Å². The van der Waals surface area contributed by atoms with Crippen LogP contribution in [-0.2, 0) is 25.2 Å². The van der Waals surface area contributed by atoms with Crippen LogP contribution in [0.2, 0.25) is 0 Å². The number of hydrogen-bond donors (Lipinski definition) is 0. The minimum Gasteiger partial charge on any atom is -0.166 e. The lowest BCUT2D eigenvalue weighted by Crippen LogP contribution is -2.12. The second-order valence-corrected chi connectivity index (χ2v) is 10.7. The summed E-state index contributed by atoms with van der Waals surface area (Å²) in [5, 5.41) is 0. The van der Waals surface area contributed by atoms with Gasteiger partial charge in [0.05, 0.1) is 22.3 Å². The summed E-state index contributed by atoms with van der Waals surface area (Å²) >= 11 is 0.910. The van der Waals surface area contributed by atoms with Gasteiger partial charge in [0.1, 0.15) is 0 Å². The Kier molecular flexibility index (Phi) is 8.24. The summed E-state index contributed by atoms with van der Waals surface area (Å²) in [6.45, 7) is 3.50. The third kappa shape index (κ3) is 6.50. The van der Waals surface area contributed by atoms with E-state index in [9.17, 15) is 26.3 Å². The van der Waals surface area contributed by atoms with Crippen molar-refractivity contribution in [2.45, 2.75) is 87.4 Å². The number of aryl methyl sites for hydroxylation is 2. The molecule has 196 valence electrons. The van der Waals surface area contributed by atoms with Gasteiger partial charge in [0.2, 0.25) is 0 Å². The maximum atomic E-state index is 14.1. The van der Waals surface area contributed by atoms with E-state index < -0.39 is 23.5 Å². The van der Waals surface area contributed by atoms with Gasteiger partial charge in [0.15, 0.2) is 0 Å². The Morgan fingerprint density at radius 2 is 1.05 bits per heavy atom. The average molecular weight is 535 g/mol. The van der Waals surface area contributed by atoms with E-state index in [0.29, 0.717) is 24.0 Å². The van der Waals surface area contributed by atoms with E-state index in [-0.39, 0.29) is 32.8 Å². The lowest BCUT2D eigenvalue weighted by Gasteiger charge is -2.21. The fraction of sp³-hybridized carbons (Fsp3) is 0.467. The van der Waals surface area contributed by atoms with Gasteiger partial charge >= 0.3 is 12.4 Å². The van der Waals surface area contributed by atoms with Crippen molar-refractivity contribution in [3.05, 3.63) is 57.6 Å². The summed E-state index contributed by atoms with van der Waals surface area (Å²) in [7, 11) is 0. The first-order chi connectivity index (χ1) is 17.5. The van der Waals surface area contributed by atoms with Crippen molar-refractivity contribution in [1.82, 2.24) is 0 Å². The van der Waals surface area contributed by atoms with Gasteiger partial charge in [-0.3, -0.25) is 0 Å². The SMILES string of the molecule is CCc1cc(Sc2cc(CC)cc(C(F)(F)F)c2C#CC2CCC2)c(C#CC2CCC2)c(C(F)(F)F)c1. The first kappa shape index (κ1) is 27.5. The molecule has 0 radical (unpaired) electrons. The summed E-state index contributed by atoms with van der Waals surface area (Å²) in [5.41, 5.74) is -1.12. The second-order valence-electron chi connectivity index (χ2n) is 9.63. The molecule has 37 heavy (non-hydrogen) atoms. The van der Waals surface area contributed by atoms with Crippen molar-refractivity contribution in [3.63, 3.8) is 0 Å². The van der Waals surface area contributed by atoms with Crippen LogP contribution in [0.4, 0.5) is 26.3 Å². The highest BCUT2D eigenvalue weighted by Gasteiger charge is 2.37. The molecule has 4 rings (SSSR count). The van der Waals surface area contributed by atoms with E-state index in [2.05, 4.69) is 23.7 Å². The summed E-state index contributed by atoms with van der Waals surface area (Å²) in [4.78, 5) is 0.429. The van der Waals surface area contributed by atoms with Gasteiger partial charge < -0.3 is 0 Å². The van der Waals surface area contributed by atoms with E-state index in [1.54, 1.807) is 26.0 Å². The van der Waals surface area contributed by atoms with E-state index in [4.69, 9.17) is 0 Å². The van der Waals surface area contributed by atoms with E-state index in [0.717, 1.165) is 62.4 Å². The number of alkyl halides is 6. The largest absolute Gasteiger partial charge is 0.417 e. The normalized spacial score (nSPS) is 16.2. The molecule has 0 aromatic heterocycles. The van der Waals surface area contributed by atoms with Gasteiger partial charge in [-0.15, -0.1) is 0 Å². The third-order valence-corrected chi connectivity index (χ3v) is 8.07. The Morgan fingerprint density at radius 3 is 1.32 bits per heavy atom. The van der Waals surface area contributed by atoms with Gasteiger partial charge in [0.25, 0.3) is 0 Å². The molecule has 2 aromatic rings. The smallest absolute Gasteiger partial charge is 0.166 e. The van der Waals surface area contributed by atoms with Crippen LogP contribution in [0.1, 0.15) is 85.8 Å². The third-order valence-electron chi connectivity index (χ3n) is 6.98. The Balaban J connectivity index is 1.91. The van der Waals surface area contributed by atoms with Crippen molar-refractivity contribution in [2.24, 2.45) is 11.8 Å². The summed E-state index contributed by atoms with van der Waals surface area (Å²) < 4.78 is 84.8. The molecule has 2 fully saturated rings. The van der Waals surface area contributed by atoms with Crippen molar-refractivity contribution < 1.29 is 26.3 Å². The molecule has 2 saturated carbocycles.